The summed E-state index contributed by atoms with van der Waals surface area (Å²) in [7, 11) is 0. The maximum absolute atomic E-state index is 12.4. The molecule has 1 unspecified atom stereocenters. The number of hydrogen-bond acceptors (Lipinski definition) is 3. The van der Waals surface area contributed by atoms with E-state index in [9.17, 15) is 9.59 Å². The molecule has 2 heterocycles. The van der Waals surface area contributed by atoms with Crippen molar-refractivity contribution in [2.45, 2.75) is 13.0 Å². The van der Waals surface area contributed by atoms with E-state index in [1.54, 1.807) is 42.7 Å². The number of nitrogens with one attached hydrogen (secondary N) is 2. The molecule has 1 aromatic carbocycles. The van der Waals surface area contributed by atoms with Crippen molar-refractivity contribution >= 4 is 16.7 Å². The Morgan fingerprint density at radius 3 is 2.67 bits per heavy atom. The zero-order chi connectivity index (χ0) is 14.8. The van der Waals surface area contributed by atoms with Crippen molar-refractivity contribution in [3.63, 3.8) is 0 Å². The molecule has 0 saturated carbocycles. The van der Waals surface area contributed by atoms with Gasteiger partial charge in [0.25, 0.3) is 11.5 Å². The van der Waals surface area contributed by atoms with Gasteiger partial charge in [0.1, 0.15) is 5.76 Å². The molecule has 5 nitrogen and oxygen atoms in total. The molecule has 3 aromatic rings. The van der Waals surface area contributed by atoms with Crippen LogP contribution in [0.5, 0.6) is 0 Å². The molecule has 21 heavy (non-hydrogen) atoms. The van der Waals surface area contributed by atoms with E-state index in [0.29, 0.717) is 22.1 Å². The third-order valence-electron chi connectivity index (χ3n) is 3.37. The Morgan fingerprint density at radius 2 is 1.95 bits per heavy atom. The van der Waals surface area contributed by atoms with Gasteiger partial charge in [-0.3, -0.25) is 9.59 Å². The molecular formula is C16H14N2O3. The minimum absolute atomic E-state index is 0.207. The zero-order valence-electron chi connectivity index (χ0n) is 11.4. The van der Waals surface area contributed by atoms with Crippen LogP contribution >= 0.6 is 0 Å². The van der Waals surface area contributed by atoms with Crippen LogP contribution < -0.4 is 10.9 Å². The normalized spacial score (nSPS) is 12.2. The fraction of sp³-hybridized carbons (Fsp3) is 0.125. The molecule has 0 aliphatic heterocycles. The smallest absolute Gasteiger partial charge is 0.255 e. The number of pyridine rings is 1. The SMILES string of the molecule is CC(NC(=O)c1c[nH]c(=O)c2ccccc12)c1ccco1. The van der Waals surface area contributed by atoms with E-state index >= 15 is 0 Å². The maximum atomic E-state index is 12.4. The zero-order valence-corrected chi connectivity index (χ0v) is 11.4. The first kappa shape index (κ1) is 13.2. The first-order valence-electron chi connectivity index (χ1n) is 6.61. The van der Waals surface area contributed by atoms with E-state index in [1.165, 1.54) is 6.20 Å². The van der Waals surface area contributed by atoms with Gasteiger partial charge in [0.05, 0.1) is 17.9 Å². The van der Waals surface area contributed by atoms with Crippen molar-refractivity contribution in [2.75, 3.05) is 0 Å². The van der Waals surface area contributed by atoms with Gasteiger partial charge in [-0.15, -0.1) is 0 Å². The van der Waals surface area contributed by atoms with Crippen molar-refractivity contribution in [1.82, 2.24) is 10.3 Å². The number of aromatic amines is 1. The largest absolute Gasteiger partial charge is 0.467 e. The van der Waals surface area contributed by atoms with Gasteiger partial charge in [-0.05, 0) is 25.1 Å². The number of carbonyl (C=O) groups is 1. The van der Waals surface area contributed by atoms with Crippen LogP contribution in [0.2, 0.25) is 0 Å². The highest BCUT2D eigenvalue weighted by Gasteiger charge is 2.16. The van der Waals surface area contributed by atoms with Crippen molar-refractivity contribution in [3.8, 4) is 0 Å². The van der Waals surface area contributed by atoms with E-state index in [-0.39, 0.29) is 17.5 Å². The molecule has 0 fully saturated rings. The Bertz CT molecular complexity index is 834. The molecule has 3 rings (SSSR count). The molecule has 106 valence electrons. The van der Waals surface area contributed by atoms with E-state index in [4.69, 9.17) is 4.42 Å². The predicted octanol–water partition coefficient (Wildman–Crippen LogP) is 2.61. The second-order valence-electron chi connectivity index (χ2n) is 4.79. The lowest BCUT2D eigenvalue weighted by Crippen LogP contribution is -2.27. The van der Waals surface area contributed by atoms with E-state index < -0.39 is 0 Å². The Labute approximate surface area is 120 Å². The number of fused-ring (bicyclic) bond motifs is 1. The van der Waals surface area contributed by atoms with Gasteiger partial charge in [-0.25, -0.2) is 0 Å². The number of furan rings is 1. The molecule has 2 N–H and O–H groups in total. The van der Waals surface area contributed by atoms with Crippen LogP contribution in [0.15, 0.2) is 58.1 Å². The molecule has 0 radical (unpaired) electrons. The van der Waals surface area contributed by atoms with Crippen LogP contribution in [-0.2, 0) is 0 Å². The predicted molar refractivity (Wildman–Crippen MR) is 79.2 cm³/mol. The standard InChI is InChI=1S/C16H14N2O3/c1-10(14-7-4-8-21-14)18-16(20)13-9-17-15(19)12-6-3-2-5-11(12)13/h2-10H,1H3,(H,17,19)(H,18,20). The lowest BCUT2D eigenvalue weighted by molar-refractivity contribution is 0.0936. The quantitative estimate of drug-likeness (QED) is 0.775. The molecule has 1 atom stereocenters. The van der Waals surface area contributed by atoms with E-state index in [2.05, 4.69) is 10.3 Å². The fourth-order valence-corrected chi connectivity index (χ4v) is 2.28. The van der Waals surface area contributed by atoms with Crippen LogP contribution in [-0.4, -0.2) is 10.9 Å². The lowest BCUT2D eigenvalue weighted by atomic mass is 10.1. The van der Waals surface area contributed by atoms with E-state index in [1.807, 2.05) is 6.92 Å². The average Bonchev–Trinajstić information content (AvgIpc) is 3.02. The molecule has 0 saturated heterocycles. The summed E-state index contributed by atoms with van der Waals surface area (Å²) in [4.78, 5) is 26.8. The van der Waals surface area contributed by atoms with E-state index in [0.717, 1.165) is 0 Å². The van der Waals surface area contributed by atoms with Crippen LogP contribution in [0, 0.1) is 0 Å². The molecule has 0 spiro atoms. The summed E-state index contributed by atoms with van der Waals surface area (Å²) in [5.74, 6) is 0.420. The molecule has 5 heteroatoms. The van der Waals surface area contributed by atoms with Gasteiger partial charge in [-0.2, -0.15) is 0 Å². The number of aromatic nitrogens is 1. The minimum Gasteiger partial charge on any atom is -0.467 e. The average molecular weight is 282 g/mol. The van der Waals surface area contributed by atoms with Crippen LogP contribution in [0.3, 0.4) is 0 Å². The van der Waals surface area contributed by atoms with Gasteiger partial charge in [-0.1, -0.05) is 18.2 Å². The van der Waals surface area contributed by atoms with Crippen LogP contribution in [0.4, 0.5) is 0 Å². The first-order chi connectivity index (χ1) is 10.2. The lowest BCUT2D eigenvalue weighted by Gasteiger charge is -2.12. The van der Waals surface area contributed by atoms with Gasteiger partial charge in [0, 0.05) is 17.0 Å². The highest BCUT2D eigenvalue weighted by atomic mass is 16.3. The summed E-state index contributed by atoms with van der Waals surface area (Å²) in [6.07, 6.45) is 3.00. The first-order valence-corrected chi connectivity index (χ1v) is 6.61. The number of rotatable bonds is 3. The Morgan fingerprint density at radius 1 is 1.19 bits per heavy atom. The third-order valence-corrected chi connectivity index (χ3v) is 3.37. The second-order valence-corrected chi connectivity index (χ2v) is 4.79. The highest BCUT2D eigenvalue weighted by molar-refractivity contribution is 6.06. The summed E-state index contributed by atoms with van der Waals surface area (Å²) in [6, 6.07) is 10.3. The third kappa shape index (κ3) is 2.45. The van der Waals surface area contributed by atoms with Crippen molar-refractivity contribution in [3.05, 3.63) is 70.5 Å². The number of amides is 1. The molecule has 1 amide bonds. The van der Waals surface area contributed by atoms with Gasteiger partial charge in [0.2, 0.25) is 0 Å². The highest BCUT2D eigenvalue weighted by Crippen LogP contribution is 2.17. The number of benzene rings is 1. The molecule has 2 aromatic heterocycles. The molecule has 0 aliphatic carbocycles. The van der Waals surface area contributed by atoms with Gasteiger partial charge >= 0.3 is 0 Å². The van der Waals surface area contributed by atoms with Crippen molar-refractivity contribution < 1.29 is 9.21 Å². The fourth-order valence-electron chi connectivity index (χ4n) is 2.28. The Kier molecular flexibility index (Phi) is 3.31. The van der Waals surface area contributed by atoms with Crippen molar-refractivity contribution in [1.29, 1.82) is 0 Å². The summed E-state index contributed by atoms with van der Waals surface area (Å²) >= 11 is 0. The maximum Gasteiger partial charge on any atom is 0.255 e. The Hall–Kier alpha value is -2.82. The topological polar surface area (TPSA) is 75.1 Å². The number of carbonyl (C=O) groups excluding carboxylic acids is 1. The number of H-pyrrole nitrogens is 1. The van der Waals surface area contributed by atoms with Crippen molar-refractivity contribution in [2.24, 2.45) is 0 Å². The summed E-state index contributed by atoms with van der Waals surface area (Å²) < 4.78 is 5.27. The van der Waals surface area contributed by atoms with Crippen LogP contribution in [0.25, 0.3) is 10.8 Å². The number of hydrogen-bond donors (Lipinski definition) is 2. The minimum atomic E-state index is -0.258. The van der Waals surface area contributed by atoms with Gasteiger partial charge in [0.15, 0.2) is 0 Å². The second kappa shape index (κ2) is 5.28. The van der Waals surface area contributed by atoms with Crippen LogP contribution in [0.1, 0.15) is 29.1 Å². The summed E-state index contributed by atoms with van der Waals surface area (Å²) in [5.41, 5.74) is 0.227. The Balaban J connectivity index is 1.95. The van der Waals surface area contributed by atoms with Gasteiger partial charge < -0.3 is 14.7 Å². The molecule has 0 aliphatic rings. The monoisotopic (exact) mass is 282 g/mol. The summed E-state index contributed by atoms with van der Waals surface area (Å²) in [6.45, 7) is 1.84. The summed E-state index contributed by atoms with van der Waals surface area (Å²) in [5, 5.41) is 3.98. The molecular weight excluding hydrogens is 268 g/mol. The molecule has 0 bridgehead atoms.